The molecule has 1 unspecified atom stereocenters. The number of amides is 1. The zero-order valence-electron chi connectivity index (χ0n) is 10.2. The molecule has 5 heteroatoms. The van der Waals surface area contributed by atoms with E-state index in [0.29, 0.717) is 11.3 Å². The van der Waals surface area contributed by atoms with E-state index in [2.05, 4.69) is 10.6 Å². The molecule has 1 heterocycles. The largest absolute Gasteiger partial charge is 0.325 e. The van der Waals surface area contributed by atoms with Crippen molar-refractivity contribution in [2.24, 2.45) is 0 Å². The van der Waals surface area contributed by atoms with Crippen molar-refractivity contribution in [3.8, 4) is 0 Å². The third-order valence-corrected chi connectivity index (χ3v) is 2.91. The SMILES string of the molecule is CC(=O)c1cccc(NC(=O)C2CCCN2)c1.Cl. The highest BCUT2D eigenvalue weighted by Crippen LogP contribution is 2.13. The van der Waals surface area contributed by atoms with Crippen molar-refractivity contribution in [1.82, 2.24) is 5.32 Å². The van der Waals surface area contributed by atoms with Gasteiger partial charge >= 0.3 is 0 Å². The lowest BCUT2D eigenvalue weighted by Gasteiger charge is -2.11. The van der Waals surface area contributed by atoms with Crippen LogP contribution in [0.5, 0.6) is 0 Å². The van der Waals surface area contributed by atoms with Crippen molar-refractivity contribution < 1.29 is 9.59 Å². The van der Waals surface area contributed by atoms with Crippen LogP contribution in [0.15, 0.2) is 24.3 Å². The van der Waals surface area contributed by atoms with E-state index in [4.69, 9.17) is 0 Å². The first-order valence-electron chi connectivity index (χ1n) is 5.82. The van der Waals surface area contributed by atoms with Crippen molar-refractivity contribution in [2.45, 2.75) is 25.8 Å². The van der Waals surface area contributed by atoms with Crippen LogP contribution in [0.1, 0.15) is 30.1 Å². The topological polar surface area (TPSA) is 58.2 Å². The summed E-state index contributed by atoms with van der Waals surface area (Å²) in [6.45, 7) is 2.41. The number of carbonyl (C=O) groups is 2. The molecule has 1 aromatic rings. The van der Waals surface area contributed by atoms with Crippen molar-refractivity contribution in [3.05, 3.63) is 29.8 Å². The van der Waals surface area contributed by atoms with Gasteiger partial charge in [0.2, 0.25) is 5.91 Å². The minimum atomic E-state index is -0.101. The first-order chi connectivity index (χ1) is 8.16. The van der Waals surface area contributed by atoms with E-state index < -0.39 is 0 Å². The predicted octanol–water partition coefficient (Wildman–Crippen LogP) is 2.00. The molecule has 0 radical (unpaired) electrons. The molecule has 1 atom stereocenters. The molecule has 2 N–H and O–H groups in total. The molecule has 1 fully saturated rings. The summed E-state index contributed by atoms with van der Waals surface area (Å²) in [5, 5.41) is 5.96. The first kappa shape index (κ1) is 14.7. The maximum atomic E-state index is 11.8. The molecular weight excluding hydrogens is 252 g/mol. The molecule has 0 saturated carbocycles. The molecular formula is C13H17ClN2O2. The number of ketones is 1. The van der Waals surface area contributed by atoms with E-state index in [1.807, 2.05) is 0 Å². The molecule has 0 spiro atoms. The molecule has 98 valence electrons. The van der Waals surface area contributed by atoms with Crippen molar-refractivity contribution in [2.75, 3.05) is 11.9 Å². The molecule has 4 nitrogen and oxygen atoms in total. The van der Waals surface area contributed by atoms with Crippen molar-refractivity contribution in [3.63, 3.8) is 0 Å². The minimum absolute atomic E-state index is 0. The Hall–Kier alpha value is -1.39. The van der Waals surface area contributed by atoms with Crippen molar-refractivity contribution >= 4 is 29.8 Å². The van der Waals surface area contributed by atoms with Crippen LogP contribution in [0, 0.1) is 0 Å². The van der Waals surface area contributed by atoms with Gasteiger partial charge in [-0.25, -0.2) is 0 Å². The Morgan fingerprint density at radius 2 is 2.17 bits per heavy atom. The molecule has 1 amide bonds. The maximum Gasteiger partial charge on any atom is 0.241 e. The van der Waals surface area contributed by atoms with Gasteiger partial charge in [-0.05, 0) is 38.4 Å². The van der Waals surface area contributed by atoms with Crippen LogP contribution in [0.4, 0.5) is 5.69 Å². The second-order valence-corrected chi connectivity index (χ2v) is 4.28. The predicted molar refractivity (Wildman–Crippen MR) is 73.3 cm³/mol. The van der Waals surface area contributed by atoms with Gasteiger partial charge in [0.1, 0.15) is 0 Å². The van der Waals surface area contributed by atoms with Gasteiger partial charge < -0.3 is 10.6 Å². The Bertz CT molecular complexity index is 442. The molecule has 1 aromatic carbocycles. The lowest BCUT2D eigenvalue weighted by molar-refractivity contribution is -0.117. The van der Waals surface area contributed by atoms with Crippen LogP contribution in [0.2, 0.25) is 0 Å². The number of anilines is 1. The molecule has 1 aliphatic rings. The Morgan fingerprint density at radius 3 is 2.78 bits per heavy atom. The van der Waals surface area contributed by atoms with E-state index >= 15 is 0 Å². The van der Waals surface area contributed by atoms with E-state index in [0.717, 1.165) is 19.4 Å². The van der Waals surface area contributed by atoms with Gasteiger partial charge in [0.15, 0.2) is 5.78 Å². The third kappa shape index (κ3) is 3.55. The highest BCUT2D eigenvalue weighted by Gasteiger charge is 2.21. The lowest BCUT2D eigenvalue weighted by atomic mass is 10.1. The number of halogens is 1. The Kier molecular flexibility index (Phi) is 5.31. The second-order valence-electron chi connectivity index (χ2n) is 4.28. The number of nitrogens with one attached hydrogen (secondary N) is 2. The van der Waals surface area contributed by atoms with Gasteiger partial charge in [-0.15, -0.1) is 12.4 Å². The Balaban J connectivity index is 0.00000162. The van der Waals surface area contributed by atoms with E-state index in [1.54, 1.807) is 24.3 Å². The van der Waals surface area contributed by atoms with Gasteiger partial charge in [-0.3, -0.25) is 9.59 Å². The Morgan fingerprint density at radius 1 is 1.39 bits per heavy atom. The van der Waals surface area contributed by atoms with Crippen molar-refractivity contribution in [1.29, 1.82) is 0 Å². The van der Waals surface area contributed by atoms with Gasteiger partial charge in [-0.1, -0.05) is 12.1 Å². The number of carbonyl (C=O) groups excluding carboxylic acids is 2. The molecule has 0 aromatic heterocycles. The second kappa shape index (κ2) is 6.52. The molecule has 1 aliphatic heterocycles. The summed E-state index contributed by atoms with van der Waals surface area (Å²) in [6, 6.07) is 6.91. The van der Waals surface area contributed by atoms with Gasteiger partial charge in [-0.2, -0.15) is 0 Å². The summed E-state index contributed by atoms with van der Waals surface area (Å²) >= 11 is 0. The van der Waals surface area contributed by atoms with Crippen LogP contribution in [-0.4, -0.2) is 24.3 Å². The zero-order chi connectivity index (χ0) is 12.3. The lowest BCUT2D eigenvalue weighted by Crippen LogP contribution is -2.35. The number of rotatable bonds is 3. The summed E-state index contributed by atoms with van der Waals surface area (Å²) < 4.78 is 0. The molecule has 1 saturated heterocycles. The van der Waals surface area contributed by atoms with E-state index in [1.165, 1.54) is 6.92 Å². The first-order valence-corrected chi connectivity index (χ1v) is 5.82. The highest BCUT2D eigenvalue weighted by atomic mass is 35.5. The highest BCUT2D eigenvalue weighted by molar-refractivity contribution is 5.98. The number of benzene rings is 1. The Labute approximate surface area is 113 Å². The standard InChI is InChI=1S/C13H16N2O2.ClH/c1-9(16)10-4-2-5-11(8-10)15-13(17)12-6-3-7-14-12;/h2,4-5,8,12,14H,3,6-7H2,1H3,(H,15,17);1H. The van der Waals surface area contributed by atoms with Crippen LogP contribution in [0.3, 0.4) is 0 Å². The monoisotopic (exact) mass is 268 g/mol. The summed E-state index contributed by atoms with van der Waals surface area (Å²) in [7, 11) is 0. The van der Waals surface area contributed by atoms with E-state index in [9.17, 15) is 9.59 Å². The van der Waals surface area contributed by atoms with Crippen LogP contribution >= 0.6 is 12.4 Å². The van der Waals surface area contributed by atoms with Crippen LogP contribution in [0.25, 0.3) is 0 Å². The fraction of sp³-hybridized carbons (Fsp3) is 0.385. The maximum absolute atomic E-state index is 11.8. The molecule has 0 aliphatic carbocycles. The molecule has 18 heavy (non-hydrogen) atoms. The van der Waals surface area contributed by atoms with Gasteiger partial charge in [0.05, 0.1) is 6.04 Å². The smallest absolute Gasteiger partial charge is 0.241 e. The number of hydrogen-bond donors (Lipinski definition) is 2. The summed E-state index contributed by atoms with van der Waals surface area (Å²) in [5.41, 5.74) is 1.29. The summed E-state index contributed by atoms with van der Waals surface area (Å²) in [6.07, 6.45) is 1.91. The quantitative estimate of drug-likeness (QED) is 0.825. The summed E-state index contributed by atoms with van der Waals surface area (Å²) in [4.78, 5) is 23.1. The summed E-state index contributed by atoms with van der Waals surface area (Å²) in [5.74, 6) is -0.0247. The molecule has 0 bridgehead atoms. The average Bonchev–Trinajstić information content (AvgIpc) is 2.82. The van der Waals surface area contributed by atoms with E-state index in [-0.39, 0.29) is 30.1 Å². The zero-order valence-corrected chi connectivity index (χ0v) is 11.0. The number of hydrogen-bond acceptors (Lipinski definition) is 3. The fourth-order valence-corrected chi connectivity index (χ4v) is 1.95. The third-order valence-electron chi connectivity index (χ3n) is 2.91. The number of Topliss-reactive ketones (excluding diaryl/α,β-unsaturated/α-hetero) is 1. The van der Waals surface area contributed by atoms with Gasteiger partial charge in [0.25, 0.3) is 0 Å². The van der Waals surface area contributed by atoms with Crippen LogP contribution in [-0.2, 0) is 4.79 Å². The fourth-order valence-electron chi connectivity index (χ4n) is 1.95. The molecule has 2 rings (SSSR count). The normalized spacial score (nSPS) is 17.9. The minimum Gasteiger partial charge on any atom is -0.325 e. The van der Waals surface area contributed by atoms with Gasteiger partial charge in [0, 0.05) is 11.3 Å². The van der Waals surface area contributed by atoms with Crippen LogP contribution < -0.4 is 10.6 Å². The average molecular weight is 269 g/mol.